The summed E-state index contributed by atoms with van der Waals surface area (Å²) >= 11 is 0. The summed E-state index contributed by atoms with van der Waals surface area (Å²) in [4.78, 5) is 17.2. The fourth-order valence-corrected chi connectivity index (χ4v) is 4.31. The predicted molar refractivity (Wildman–Crippen MR) is 94.6 cm³/mol. The number of aliphatic hydroxyl groups is 1. The monoisotopic (exact) mass is 331 g/mol. The van der Waals surface area contributed by atoms with Gasteiger partial charge in [-0.05, 0) is 44.2 Å². The van der Waals surface area contributed by atoms with Gasteiger partial charge in [0.15, 0.2) is 0 Å². The van der Waals surface area contributed by atoms with Crippen LogP contribution in [0.1, 0.15) is 44.2 Å². The van der Waals surface area contributed by atoms with Gasteiger partial charge in [0.2, 0.25) is 0 Å². The molecule has 2 amide bonds. The molecule has 0 spiro atoms. The van der Waals surface area contributed by atoms with E-state index in [9.17, 15) is 9.90 Å². The van der Waals surface area contributed by atoms with Gasteiger partial charge in [0.25, 0.3) is 0 Å². The van der Waals surface area contributed by atoms with Gasteiger partial charge in [-0.1, -0.05) is 24.3 Å². The smallest absolute Gasteiger partial charge is 0.317 e. The third-order valence-corrected chi connectivity index (χ3v) is 5.44. The lowest BCUT2D eigenvalue weighted by Gasteiger charge is -2.32. The molecule has 2 bridgehead atoms. The maximum absolute atomic E-state index is 12.6. The van der Waals surface area contributed by atoms with Crippen LogP contribution in [0, 0.1) is 0 Å². The highest BCUT2D eigenvalue weighted by Gasteiger charge is 2.39. The van der Waals surface area contributed by atoms with Crippen LogP contribution in [0.25, 0.3) is 0 Å². The molecule has 2 aliphatic rings. The maximum Gasteiger partial charge on any atom is 0.317 e. The largest absolute Gasteiger partial charge is 0.392 e. The number of urea groups is 1. The Kier molecular flexibility index (Phi) is 5.41. The van der Waals surface area contributed by atoms with Crippen molar-refractivity contribution < 1.29 is 9.90 Å². The van der Waals surface area contributed by atoms with E-state index in [1.54, 1.807) is 0 Å². The molecule has 5 nitrogen and oxygen atoms in total. The van der Waals surface area contributed by atoms with Crippen LogP contribution in [0.15, 0.2) is 24.3 Å². The lowest BCUT2D eigenvalue weighted by Crippen LogP contribution is -2.46. The van der Waals surface area contributed by atoms with E-state index in [1.807, 2.05) is 29.2 Å². The fraction of sp³-hybridized carbons (Fsp3) is 0.632. The predicted octanol–water partition coefficient (Wildman–Crippen LogP) is 2.34. The Hall–Kier alpha value is -1.59. The van der Waals surface area contributed by atoms with Gasteiger partial charge in [-0.25, -0.2) is 4.79 Å². The van der Waals surface area contributed by atoms with Gasteiger partial charge in [-0.2, -0.15) is 0 Å². The molecular formula is C19H29N3O2. The Morgan fingerprint density at radius 3 is 2.62 bits per heavy atom. The van der Waals surface area contributed by atoms with Gasteiger partial charge in [0.05, 0.1) is 6.61 Å². The number of nitrogens with zero attached hydrogens (tertiary/aromatic N) is 2. The molecule has 2 saturated heterocycles. The molecule has 2 aliphatic heterocycles. The Morgan fingerprint density at radius 2 is 1.92 bits per heavy atom. The number of nitrogens with one attached hydrogen (secondary N) is 1. The fourth-order valence-electron chi connectivity index (χ4n) is 4.31. The van der Waals surface area contributed by atoms with Crippen molar-refractivity contribution >= 4 is 6.03 Å². The zero-order valence-corrected chi connectivity index (χ0v) is 14.7. The molecule has 24 heavy (non-hydrogen) atoms. The molecule has 0 unspecified atom stereocenters. The van der Waals surface area contributed by atoms with Gasteiger partial charge < -0.3 is 15.3 Å². The van der Waals surface area contributed by atoms with Crippen LogP contribution in [0.5, 0.6) is 0 Å². The van der Waals surface area contributed by atoms with Crippen molar-refractivity contribution in [3.8, 4) is 0 Å². The quantitative estimate of drug-likeness (QED) is 0.890. The minimum atomic E-state index is 0.00284. The standard InChI is InChI=1S/C19H29N3O2/c1-14(2)22-17-7-8-18(22)12-21(10-9-17)19(24)20-11-15-5-3-4-6-16(15)13-23/h3-6,14,17-18,23H,7-13H2,1-2H3,(H,20,24)/t17-,18-/m0/s1. The van der Waals surface area contributed by atoms with Crippen LogP contribution in [0.3, 0.4) is 0 Å². The Balaban J connectivity index is 1.60. The van der Waals surface area contributed by atoms with Gasteiger partial charge in [0, 0.05) is 37.8 Å². The number of likely N-dealkylation sites (tertiary alicyclic amines) is 1. The molecule has 0 aromatic heterocycles. The zero-order chi connectivity index (χ0) is 17.1. The van der Waals surface area contributed by atoms with E-state index in [0.29, 0.717) is 24.7 Å². The number of aliphatic hydroxyl groups excluding tert-OH is 1. The number of benzene rings is 1. The van der Waals surface area contributed by atoms with Crippen LogP contribution in [0.4, 0.5) is 4.79 Å². The first kappa shape index (κ1) is 17.2. The zero-order valence-electron chi connectivity index (χ0n) is 14.7. The number of rotatable bonds is 4. The van der Waals surface area contributed by atoms with E-state index in [-0.39, 0.29) is 12.6 Å². The van der Waals surface area contributed by atoms with Crippen LogP contribution in [-0.4, -0.2) is 52.2 Å². The molecule has 132 valence electrons. The average Bonchev–Trinajstić information content (AvgIpc) is 2.87. The summed E-state index contributed by atoms with van der Waals surface area (Å²) in [6, 6.07) is 9.37. The lowest BCUT2D eigenvalue weighted by atomic mass is 10.1. The summed E-state index contributed by atoms with van der Waals surface area (Å²) in [5.41, 5.74) is 1.85. The summed E-state index contributed by atoms with van der Waals surface area (Å²) < 4.78 is 0. The van der Waals surface area contributed by atoms with E-state index < -0.39 is 0 Å². The second-order valence-electron chi connectivity index (χ2n) is 7.25. The van der Waals surface area contributed by atoms with E-state index in [2.05, 4.69) is 24.1 Å². The van der Waals surface area contributed by atoms with Crippen molar-refractivity contribution in [2.45, 2.75) is 64.4 Å². The molecule has 3 rings (SSSR count). The second kappa shape index (κ2) is 7.53. The van der Waals surface area contributed by atoms with E-state index in [4.69, 9.17) is 0 Å². The molecule has 2 heterocycles. The lowest BCUT2D eigenvalue weighted by molar-refractivity contribution is 0.147. The maximum atomic E-state index is 12.6. The number of fused-ring (bicyclic) bond motifs is 2. The van der Waals surface area contributed by atoms with Crippen molar-refractivity contribution in [1.82, 2.24) is 15.1 Å². The second-order valence-corrected chi connectivity index (χ2v) is 7.25. The number of carbonyl (C=O) groups excluding carboxylic acids is 1. The molecule has 5 heteroatoms. The Labute approximate surface area is 144 Å². The highest BCUT2D eigenvalue weighted by atomic mass is 16.3. The van der Waals surface area contributed by atoms with Crippen molar-refractivity contribution in [2.24, 2.45) is 0 Å². The SMILES string of the molecule is CC(C)N1[C@H]2CC[C@H]1CN(C(=O)NCc1ccccc1CO)CC2. The highest BCUT2D eigenvalue weighted by Crippen LogP contribution is 2.31. The highest BCUT2D eigenvalue weighted by molar-refractivity contribution is 5.74. The number of amides is 2. The molecule has 0 aliphatic carbocycles. The summed E-state index contributed by atoms with van der Waals surface area (Å²) in [5.74, 6) is 0. The number of hydrogen-bond donors (Lipinski definition) is 2. The van der Waals surface area contributed by atoms with Crippen LogP contribution < -0.4 is 5.32 Å². The molecule has 2 fully saturated rings. The first-order valence-electron chi connectivity index (χ1n) is 9.08. The first-order valence-corrected chi connectivity index (χ1v) is 9.08. The third kappa shape index (κ3) is 3.57. The van der Waals surface area contributed by atoms with Crippen LogP contribution in [-0.2, 0) is 13.2 Å². The summed E-state index contributed by atoms with van der Waals surface area (Å²) in [5, 5.41) is 12.4. The average molecular weight is 331 g/mol. The van der Waals surface area contributed by atoms with E-state index in [0.717, 1.165) is 30.6 Å². The van der Waals surface area contributed by atoms with Crippen molar-refractivity contribution in [1.29, 1.82) is 0 Å². The number of carbonyl (C=O) groups is 1. The van der Waals surface area contributed by atoms with Gasteiger partial charge in [-0.3, -0.25) is 4.90 Å². The van der Waals surface area contributed by atoms with Crippen molar-refractivity contribution in [2.75, 3.05) is 13.1 Å². The van der Waals surface area contributed by atoms with Crippen LogP contribution in [0.2, 0.25) is 0 Å². The van der Waals surface area contributed by atoms with E-state index in [1.165, 1.54) is 12.8 Å². The van der Waals surface area contributed by atoms with Crippen LogP contribution >= 0.6 is 0 Å². The molecule has 0 radical (unpaired) electrons. The Morgan fingerprint density at radius 1 is 1.21 bits per heavy atom. The molecule has 1 aromatic rings. The number of hydrogen-bond acceptors (Lipinski definition) is 3. The van der Waals surface area contributed by atoms with Gasteiger partial charge in [0.1, 0.15) is 0 Å². The molecule has 2 N–H and O–H groups in total. The third-order valence-electron chi connectivity index (χ3n) is 5.44. The topological polar surface area (TPSA) is 55.8 Å². The Bertz CT molecular complexity index is 575. The summed E-state index contributed by atoms with van der Waals surface area (Å²) in [6.07, 6.45) is 3.53. The molecular weight excluding hydrogens is 302 g/mol. The summed E-state index contributed by atoms with van der Waals surface area (Å²) in [7, 11) is 0. The minimum Gasteiger partial charge on any atom is -0.392 e. The molecule has 1 aromatic carbocycles. The summed E-state index contributed by atoms with van der Waals surface area (Å²) in [6.45, 7) is 6.64. The molecule has 0 saturated carbocycles. The molecule has 2 atom stereocenters. The first-order chi connectivity index (χ1) is 11.6. The van der Waals surface area contributed by atoms with Gasteiger partial charge in [-0.15, -0.1) is 0 Å². The van der Waals surface area contributed by atoms with Crippen molar-refractivity contribution in [3.05, 3.63) is 35.4 Å². The minimum absolute atomic E-state index is 0.00284. The van der Waals surface area contributed by atoms with E-state index >= 15 is 0 Å². The van der Waals surface area contributed by atoms with Crippen molar-refractivity contribution in [3.63, 3.8) is 0 Å². The normalized spacial score (nSPS) is 24.2. The van der Waals surface area contributed by atoms with Gasteiger partial charge >= 0.3 is 6.03 Å².